The lowest BCUT2D eigenvalue weighted by atomic mass is 10.2. The van der Waals surface area contributed by atoms with Gasteiger partial charge in [-0.25, -0.2) is 13.6 Å². The van der Waals surface area contributed by atoms with Crippen molar-refractivity contribution in [3.05, 3.63) is 28.2 Å². The first-order valence-corrected chi connectivity index (χ1v) is 4.98. The average Bonchev–Trinajstić information content (AvgIpc) is 2.58. The van der Waals surface area contributed by atoms with Crippen LogP contribution in [0.2, 0.25) is 0 Å². The van der Waals surface area contributed by atoms with E-state index in [0.717, 1.165) is 17.0 Å². The molecular formula is C9H6BrF2NO2. The highest BCUT2D eigenvalue weighted by Gasteiger charge is 2.26. The maximum Gasteiger partial charge on any atom is 0.414 e. The lowest BCUT2D eigenvalue weighted by Crippen LogP contribution is -2.24. The number of carbonyl (C=O) groups is 1. The van der Waals surface area contributed by atoms with Gasteiger partial charge in [-0.2, -0.15) is 0 Å². The molecule has 0 unspecified atom stereocenters. The molecule has 15 heavy (non-hydrogen) atoms. The minimum Gasteiger partial charge on any atom is -0.447 e. The molecule has 1 aromatic carbocycles. The zero-order valence-electron chi connectivity index (χ0n) is 7.47. The van der Waals surface area contributed by atoms with Crippen LogP contribution in [0.15, 0.2) is 16.6 Å². The Balaban J connectivity index is 2.43. The molecule has 2 rings (SSSR count). The van der Waals surface area contributed by atoms with E-state index in [1.54, 1.807) is 0 Å². The first kappa shape index (κ1) is 10.4. The fourth-order valence-corrected chi connectivity index (χ4v) is 1.65. The third kappa shape index (κ3) is 1.81. The molecule has 0 saturated carbocycles. The highest BCUT2D eigenvalue weighted by molar-refractivity contribution is 9.10. The molecule has 1 saturated heterocycles. The van der Waals surface area contributed by atoms with Gasteiger partial charge in [0.2, 0.25) is 0 Å². The summed E-state index contributed by atoms with van der Waals surface area (Å²) in [6.45, 7) is 0.423. The second-order valence-electron chi connectivity index (χ2n) is 2.98. The number of hydrogen-bond acceptors (Lipinski definition) is 2. The molecule has 0 spiro atoms. The van der Waals surface area contributed by atoms with Crippen molar-refractivity contribution < 1.29 is 18.3 Å². The van der Waals surface area contributed by atoms with Crippen LogP contribution in [0.3, 0.4) is 0 Å². The summed E-state index contributed by atoms with van der Waals surface area (Å²) in [5.41, 5.74) is -0.0989. The van der Waals surface area contributed by atoms with Gasteiger partial charge in [-0.05, 0) is 22.0 Å². The Morgan fingerprint density at radius 2 is 2.07 bits per heavy atom. The summed E-state index contributed by atoms with van der Waals surface area (Å²) in [4.78, 5) is 12.2. The van der Waals surface area contributed by atoms with Crippen LogP contribution in [-0.4, -0.2) is 19.2 Å². The van der Waals surface area contributed by atoms with Crippen LogP contribution < -0.4 is 4.90 Å². The second-order valence-corrected chi connectivity index (χ2v) is 3.84. The van der Waals surface area contributed by atoms with Crippen LogP contribution in [0.1, 0.15) is 0 Å². The van der Waals surface area contributed by atoms with Gasteiger partial charge >= 0.3 is 6.09 Å². The molecule has 1 fully saturated rings. The van der Waals surface area contributed by atoms with E-state index in [4.69, 9.17) is 0 Å². The molecule has 0 aromatic heterocycles. The highest BCUT2D eigenvalue weighted by atomic mass is 79.9. The third-order valence-corrected chi connectivity index (χ3v) is 2.65. The van der Waals surface area contributed by atoms with Gasteiger partial charge in [0.25, 0.3) is 0 Å². The molecule has 0 N–H and O–H groups in total. The fourth-order valence-electron chi connectivity index (χ4n) is 1.33. The number of ether oxygens (including phenoxy) is 1. The molecule has 1 aromatic rings. The number of cyclic esters (lactones) is 1. The van der Waals surface area contributed by atoms with Gasteiger partial charge in [0.15, 0.2) is 0 Å². The van der Waals surface area contributed by atoms with Crippen molar-refractivity contribution in [2.24, 2.45) is 0 Å². The average molecular weight is 278 g/mol. The van der Waals surface area contributed by atoms with Gasteiger partial charge in [0.1, 0.15) is 18.2 Å². The Hall–Kier alpha value is -1.17. The number of rotatable bonds is 1. The maximum atomic E-state index is 13.4. The molecule has 0 bridgehead atoms. The topological polar surface area (TPSA) is 29.5 Å². The molecule has 0 radical (unpaired) electrons. The van der Waals surface area contributed by atoms with E-state index in [-0.39, 0.29) is 23.3 Å². The third-order valence-electron chi connectivity index (χ3n) is 2.04. The minimum absolute atomic E-state index is 0.0244. The zero-order chi connectivity index (χ0) is 11.0. The van der Waals surface area contributed by atoms with E-state index >= 15 is 0 Å². The van der Waals surface area contributed by atoms with Crippen molar-refractivity contribution in [2.45, 2.75) is 0 Å². The van der Waals surface area contributed by atoms with Gasteiger partial charge < -0.3 is 4.74 Å². The predicted molar refractivity (Wildman–Crippen MR) is 52.8 cm³/mol. The number of anilines is 1. The molecule has 6 heteroatoms. The van der Waals surface area contributed by atoms with E-state index in [0.29, 0.717) is 0 Å². The van der Waals surface area contributed by atoms with E-state index in [1.807, 2.05) is 0 Å². The lowest BCUT2D eigenvalue weighted by molar-refractivity contribution is 0.181. The van der Waals surface area contributed by atoms with Gasteiger partial charge in [-0.3, -0.25) is 4.90 Å². The van der Waals surface area contributed by atoms with Crippen molar-refractivity contribution in [3.63, 3.8) is 0 Å². The normalized spacial score (nSPS) is 15.7. The van der Waals surface area contributed by atoms with Gasteiger partial charge in [-0.15, -0.1) is 0 Å². The summed E-state index contributed by atoms with van der Waals surface area (Å²) in [7, 11) is 0. The quantitative estimate of drug-likeness (QED) is 0.739. The van der Waals surface area contributed by atoms with Crippen molar-refractivity contribution in [1.82, 2.24) is 0 Å². The highest BCUT2D eigenvalue weighted by Crippen LogP contribution is 2.27. The van der Waals surface area contributed by atoms with Crippen LogP contribution in [0.5, 0.6) is 0 Å². The van der Waals surface area contributed by atoms with Gasteiger partial charge in [0, 0.05) is 6.07 Å². The lowest BCUT2D eigenvalue weighted by Gasteiger charge is -2.13. The van der Waals surface area contributed by atoms with Crippen molar-refractivity contribution in [2.75, 3.05) is 18.1 Å². The van der Waals surface area contributed by atoms with Crippen LogP contribution in [0.25, 0.3) is 0 Å². The van der Waals surface area contributed by atoms with Crippen LogP contribution in [0.4, 0.5) is 19.3 Å². The second kappa shape index (κ2) is 3.77. The Kier molecular flexibility index (Phi) is 2.60. The number of benzene rings is 1. The maximum absolute atomic E-state index is 13.4. The van der Waals surface area contributed by atoms with E-state index in [2.05, 4.69) is 20.7 Å². The Bertz CT molecular complexity index is 425. The largest absolute Gasteiger partial charge is 0.447 e. The first-order chi connectivity index (χ1) is 7.09. The first-order valence-electron chi connectivity index (χ1n) is 4.18. The number of amides is 1. The minimum atomic E-state index is -0.665. The molecule has 80 valence electrons. The summed E-state index contributed by atoms with van der Waals surface area (Å²) < 4.78 is 31.2. The van der Waals surface area contributed by atoms with E-state index < -0.39 is 17.7 Å². The summed E-state index contributed by atoms with van der Waals surface area (Å²) in [5, 5.41) is 0. The standard InChI is InChI=1S/C9H6BrF2NO2/c10-5-3-7(12)8(4-6(5)11)13-1-2-15-9(13)14/h3-4H,1-2H2. The number of halogens is 3. The smallest absolute Gasteiger partial charge is 0.414 e. The van der Waals surface area contributed by atoms with Gasteiger partial charge in [-0.1, -0.05) is 0 Å². The van der Waals surface area contributed by atoms with Crippen LogP contribution in [-0.2, 0) is 4.74 Å². The summed E-state index contributed by atoms with van der Waals surface area (Å²) in [6.07, 6.45) is -0.657. The molecule has 1 heterocycles. The summed E-state index contributed by atoms with van der Waals surface area (Å²) >= 11 is 2.85. The molecule has 1 aliphatic heterocycles. The van der Waals surface area contributed by atoms with Crippen LogP contribution in [0, 0.1) is 11.6 Å². The Morgan fingerprint density at radius 1 is 1.33 bits per heavy atom. The summed E-state index contributed by atoms with van der Waals surface area (Å²) in [5.74, 6) is -1.28. The fraction of sp³-hybridized carbons (Fsp3) is 0.222. The molecule has 1 aliphatic rings. The monoisotopic (exact) mass is 277 g/mol. The molecule has 0 aliphatic carbocycles. The molecule has 0 atom stereocenters. The number of hydrogen-bond donors (Lipinski definition) is 0. The van der Waals surface area contributed by atoms with Crippen molar-refractivity contribution in [1.29, 1.82) is 0 Å². The number of carbonyl (C=O) groups excluding carboxylic acids is 1. The van der Waals surface area contributed by atoms with Gasteiger partial charge in [0.05, 0.1) is 16.7 Å². The molecule has 3 nitrogen and oxygen atoms in total. The predicted octanol–water partition coefficient (Wildman–Crippen LogP) is 2.68. The van der Waals surface area contributed by atoms with Crippen LogP contribution >= 0.6 is 15.9 Å². The number of nitrogens with zero attached hydrogens (tertiary/aromatic N) is 1. The van der Waals surface area contributed by atoms with E-state index in [9.17, 15) is 13.6 Å². The van der Waals surface area contributed by atoms with Crippen molar-refractivity contribution in [3.8, 4) is 0 Å². The van der Waals surface area contributed by atoms with E-state index in [1.165, 1.54) is 0 Å². The van der Waals surface area contributed by atoms with Crippen molar-refractivity contribution >= 4 is 27.7 Å². The molecular weight excluding hydrogens is 272 g/mol. The Morgan fingerprint density at radius 3 is 2.67 bits per heavy atom. The SMILES string of the molecule is O=C1OCCN1c1cc(F)c(Br)cc1F. The molecule has 1 amide bonds. The summed E-state index contributed by atoms with van der Waals surface area (Å²) in [6, 6.07) is 1.95. The Labute approximate surface area is 92.8 Å². The zero-order valence-corrected chi connectivity index (χ0v) is 9.05.